The van der Waals surface area contributed by atoms with Crippen molar-refractivity contribution in [1.82, 2.24) is 4.90 Å². The Kier molecular flexibility index (Phi) is 17.8. The average Bonchev–Trinajstić information content (AvgIpc) is 3.06. The maximum absolute atomic E-state index is 14.7. The summed E-state index contributed by atoms with van der Waals surface area (Å²) in [6.07, 6.45) is -2.13. The van der Waals surface area contributed by atoms with Gasteiger partial charge in [-0.1, -0.05) is 87.6 Å². The first kappa shape index (κ1) is 52.0. The van der Waals surface area contributed by atoms with Crippen LogP contribution < -0.4 is 0 Å². The number of carbonyl (C=O) groups is 3. The van der Waals surface area contributed by atoms with E-state index in [2.05, 4.69) is 53.1 Å². The lowest BCUT2D eigenvalue weighted by molar-refractivity contribution is -0.164. The highest BCUT2D eigenvalue weighted by atomic mass is 35.5. The number of alkyl halides is 4. The maximum Gasteiger partial charge on any atom is 0.416 e. The molecule has 2 aliphatic carbocycles. The fraction of sp³-hybridized carbons (Fsp3) is 0.553. The van der Waals surface area contributed by atoms with Gasteiger partial charge in [-0.2, -0.15) is 13.2 Å². The van der Waals surface area contributed by atoms with E-state index in [9.17, 15) is 27.6 Å². The zero-order chi connectivity index (χ0) is 42.6. The van der Waals surface area contributed by atoms with Crippen LogP contribution >= 0.6 is 11.6 Å². The number of carbonyl (C=O) groups excluding carboxylic acids is 3. The smallest absolute Gasteiger partial charge is 0.412 e. The number of ketones is 2. The molecule has 0 aliphatic heterocycles. The third-order valence-electron chi connectivity index (χ3n) is 11.1. The van der Waals surface area contributed by atoms with Gasteiger partial charge in [0.05, 0.1) is 16.8 Å². The summed E-state index contributed by atoms with van der Waals surface area (Å²) >= 11 is 6.13. The monoisotopic (exact) mass is 875 g/mol. The Labute approximate surface area is 359 Å². The first-order chi connectivity index (χ1) is 26.3. The first-order valence-corrected chi connectivity index (χ1v) is 27.2. The molecule has 5 rings (SSSR count). The third kappa shape index (κ3) is 14.0. The standard InChI is InChI=1S/C35H41ClF3NO3Si.C10H20O2Si.2CH4/c1-33(2,43-44(3,4)5)29-21-34(22-29,40(32(42)23-36)24-25-16-18-28(19-17-25)35(37,38)39)31(41)20-30(26-12-8-6-9-13-26)27-14-10-7-11-15-27;1-10(2,12-13(3,4)5)8-6-9(11)7-8;;/h6-19,29-30H,20-24H2,1-5H3;8H,6-7H2,1-5H3;2*1H4. The third-order valence-corrected chi connectivity index (χ3v) is 13.6. The fourth-order valence-electron chi connectivity index (χ4n) is 8.28. The van der Waals surface area contributed by atoms with Crippen molar-refractivity contribution in [2.24, 2.45) is 11.8 Å². The molecular formula is C47H69ClF3NO5Si2. The predicted molar refractivity (Wildman–Crippen MR) is 241 cm³/mol. The largest absolute Gasteiger partial charge is 0.416 e. The van der Waals surface area contributed by atoms with E-state index in [1.54, 1.807) is 0 Å². The molecule has 0 saturated heterocycles. The minimum absolute atomic E-state index is 0. The molecule has 3 aromatic rings. The Balaban J connectivity index is 0.000000683. The molecule has 12 heteroatoms. The Morgan fingerprint density at radius 1 is 0.746 bits per heavy atom. The van der Waals surface area contributed by atoms with Gasteiger partial charge in [0, 0.05) is 31.7 Å². The molecule has 2 fully saturated rings. The van der Waals surface area contributed by atoms with Gasteiger partial charge in [-0.15, -0.1) is 11.6 Å². The summed E-state index contributed by atoms with van der Waals surface area (Å²) in [5.41, 5.74) is -0.120. The summed E-state index contributed by atoms with van der Waals surface area (Å²) in [7, 11) is -3.41. The molecular weight excluding hydrogens is 807 g/mol. The predicted octanol–water partition coefficient (Wildman–Crippen LogP) is 12.7. The van der Waals surface area contributed by atoms with Gasteiger partial charge in [0.15, 0.2) is 22.4 Å². The van der Waals surface area contributed by atoms with E-state index in [0.29, 0.717) is 30.1 Å². The molecule has 6 nitrogen and oxygen atoms in total. The van der Waals surface area contributed by atoms with E-state index in [4.69, 9.17) is 20.5 Å². The molecule has 0 aromatic heterocycles. The number of nitrogens with zero attached hydrogens (tertiary/aromatic N) is 1. The molecule has 0 radical (unpaired) electrons. The molecule has 0 bridgehead atoms. The van der Waals surface area contributed by atoms with Crippen LogP contribution in [0.1, 0.15) is 103 Å². The molecule has 3 aromatic carbocycles. The van der Waals surface area contributed by atoms with E-state index in [1.807, 2.05) is 74.5 Å². The molecule has 0 atom stereocenters. The molecule has 328 valence electrons. The van der Waals surface area contributed by atoms with Crippen molar-refractivity contribution in [3.63, 3.8) is 0 Å². The van der Waals surface area contributed by atoms with Crippen LogP contribution in [0.4, 0.5) is 13.2 Å². The molecule has 2 aliphatic rings. The lowest BCUT2D eigenvalue weighted by Crippen LogP contribution is -2.67. The van der Waals surface area contributed by atoms with Crippen molar-refractivity contribution in [3.05, 3.63) is 107 Å². The highest BCUT2D eigenvalue weighted by Crippen LogP contribution is 2.52. The van der Waals surface area contributed by atoms with Gasteiger partial charge in [-0.25, -0.2) is 0 Å². The maximum atomic E-state index is 14.7. The van der Waals surface area contributed by atoms with Crippen LogP contribution in [0.2, 0.25) is 39.3 Å². The van der Waals surface area contributed by atoms with Crippen LogP contribution in [-0.2, 0) is 36.0 Å². The van der Waals surface area contributed by atoms with Crippen LogP contribution in [0.5, 0.6) is 0 Å². The minimum atomic E-state index is -4.48. The zero-order valence-electron chi connectivity index (χ0n) is 35.3. The molecule has 0 unspecified atom stereocenters. The Bertz CT molecular complexity index is 1770. The molecule has 2 saturated carbocycles. The second-order valence-electron chi connectivity index (χ2n) is 18.7. The summed E-state index contributed by atoms with van der Waals surface area (Å²) in [4.78, 5) is 40.6. The normalized spacial score (nSPS) is 18.6. The summed E-state index contributed by atoms with van der Waals surface area (Å²) in [5.74, 6) is -0.298. The number of hydrogen-bond acceptors (Lipinski definition) is 5. The Morgan fingerprint density at radius 3 is 1.54 bits per heavy atom. The highest BCUT2D eigenvalue weighted by molar-refractivity contribution is 6.70. The van der Waals surface area contributed by atoms with Gasteiger partial charge < -0.3 is 13.8 Å². The van der Waals surface area contributed by atoms with Crippen molar-refractivity contribution < 1.29 is 36.4 Å². The summed E-state index contributed by atoms with van der Waals surface area (Å²) < 4.78 is 52.4. The van der Waals surface area contributed by atoms with E-state index in [-0.39, 0.29) is 56.9 Å². The van der Waals surface area contributed by atoms with Crippen LogP contribution in [0.25, 0.3) is 0 Å². The van der Waals surface area contributed by atoms with Crippen molar-refractivity contribution >= 4 is 45.7 Å². The number of benzene rings is 3. The molecule has 0 N–H and O–H groups in total. The molecule has 1 amide bonds. The van der Waals surface area contributed by atoms with Crippen molar-refractivity contribution in [3.8, 4) is 0 Å². The zero-order valence-corrected chi connectivity index (χ0v) is 38.0. The molecule has 59 heavy (non-hydrogen) atoms. The van der Waals surface area contributed by atoms with Gasteiger partial charge in [0.25, 0.3) is 0 Å². The SMILES string of the molecule is C.C.CC(C)(O[Si](C)(C)C)C1CC(=O)C1.CC(C)(O[Si](C)(C)C)C1CC(C(=O)CC(c2ccccc2)c2ccccc2)(N(Cc2ccc(C(F)(F)F)cc2)C(=O)CCl)C1. The minimum Gasteiger partial charge on any atom is -0.412 e. The van der Waals surface area contributed by atoms with Gasteiger partial charge in [0.1, 0.15) is 17.2 Å². The topological polar surface area (TPSA) is 72.9 Å². The Hall–Kier alpha value is -3.10. The fourth-order valence-corrected chi connectivity index (χ4v) is 11.9. The van der Waals surface area contributed by atoms with E-state index in [1.165, 1.54) is 17.0 Å². The molecule has 0 heterocycles. The Morgan fingerprint density at radius 2 is 1.17 bits per heavy atom. The second-order valence-corrected chi connectivity index (χ2v) is 27.9. The van der Waals surface area contributed by atoms with Gasteiger partial charge in [0.2, 0.25) is 5.91 Å². The van der Waals surface area contributed by atoms with Gasteiger partial charge in [-0.05, 0) is 120 Å². The van der Waals surface area contributed by atoms with Crippen molar-refractivity contribution in [1.29, 1.82) is 0 Å². The summed E-state index contributed by atoms with van der Waals surface area (Å²) in [5, 5.41) is 0. The summed E-state index contributed by atoms with van der Waals surface area (Å²) in [6.45, 7) is 21.2. The van der Waals surface area contributed by atoms with Crippen molar-refractivity contribution in [2.45, 2.75) is 149 Å². The van der Waals surface area contributed by atoms with E-state index >= 15 is 0 Å². The number of amides is 1. The average molecular weight is 877 g/mol. The number of hydrogen-bond donors (Lipinski definition) is 0. The number of Topliss-reactive ketones (excluding diaryl/α,β-unsaturated/α-hetero) is 2. The van der Waals surface area contributed by atoms with Crippen LogP contribution in [0.15, 0.2) is 84.9 Å². The van der Waals surface area contributed by atoms with Gasteiger partial charge >= 0.3 is 6.18 Å². The van der Waals surface area contributed by atoms with Crippen molar-refractivity contribution in [2.75, 3.05) is 5.88 Å². The van der Waals surface area contributed by atoms with E-state index < -0.39 is 45.4 Å². The van der Waals surface area contributed by atoms with Gasteiger partial charge in [-0.3, -0.25) is 14.4 Å². The summed E-state index contributed by atoms with van der Waals surface area (Å²) in [6, 6.07) is 24.3. The van der Waals surface area contributed by atoms with E-state index in [0.717, 1.165) is 36.1 Å². The highest BCUT2D eigenvalue weighted by Gasteiger charge is 2.59. The number of halogens is 4. The lowest BCUT2D eigenvalue weighted by Gasteiger charge is -2.58. The number of rotatable bonds is 15. The van der Waals surface area contributed by atoms with Crippen LogP contribution in [0, 0.1) is 11.8 Å². The van der Waals surface area contributed by atoms with Crippen LogP contribution in [0.3, 0.4) is 0 Å². The second kappa shape index (κ2) is 20.2. The quantitative estimate of drug-likeness (QED) is 0.112. The molecule has 0 spiro atoms. The lowest BCUT2D eigenvalue weighted by atomic mass is 9.58. The van der Waals surface area contributed by atoms with Crippen LogP contribution in [-0.4, -0.2) is 61.6 Å². The first-order valence-electron chi connectivity index (χ1n) is 19.8.